The van der Waals surface area contributed by atoms with Gasteiger partial charge in [0.05, 0.1) is 12.2 Å². The van der Waals surface area contributed by atoms with Crippen molar-refractivity contribution in [2.24, 2.45) is 34.5 Å². The van der Waals surface area contributed by atoms with Gasteiger partial charge in [0.15, 0.2) is 10.7 Å². The normalized spacial score (nSPS) is 23.4. The fourth-order valence-corrected chi connectivity index (χ4v) is 6.38. The van der Waals surface area contributed by atoms with Gasteiger partial charge in [0, 0.05) is 11.8 Å². The SMILES string of the molecule is CCCCC(CC)COc1ccccc1-c1n[nH]c(C(Br)C(=O)OC2C(C(C)(C)C)CC(C)CC2C(C)(C)C)n1. The third-order valence-corrected chi connectivity index (χ3v) is 9.49. The van der Waals surface area contributed by atoms with E-state index in [1.54, 1.807) is 0 Å². The zero-order valence-electron chi connectivity index (χ0n) is 26.2. The van der Waals surface area contributed by atoms with Crippen LogP contribution in [-0.4, -0.2) is 33.9 Å². The molecule has 0 spiro atoms. The Balaban J connectivity index is 1.78. The zero-order chi connectivity index (χ0) is 29.7. The van der Waals surface area contributed by atoms with E-state index in [9.17, 15) is 4.79 Å². The highest BCUT2D eigenvalue weighted by Crippen LogP contribution is 2.50. The fourth-order valence-electron chi connectivity index (χ4n) is 6.07. The second-order valence-electron chi connectivity index (χ2n) is 14.1. The molecule has 0 amide bonds. The van der Waals surface area contributed by atoms with Gasteiger partial charge in [-0.15, -0.1) is 0 Å². The zero-order valence-corrected chi connectivity index (χ0v) is 27.8. The van der Waals surface area contributed by atoms with Crippen molar-refractivity contribution in [3.63, 3.8) is 0 Å². The number of hydrogen-bond donors (Lipinski definition) is 1. The van der Waals surface area contributed by atoms with E-state index in [1.165, 1.54) is 19.3 Å². The lowest BCUT2D eigenvalue weighted by Crippen LogP contribution is -2.49. The van der Waals surface area contributed by atoms with Crippen molar-refractivity contribution in [3.8, 4) is 17.1 Å². The molecular weight excluding hydrogens is 566 g/mol. The van der Waals surface area contributed by atoms with Crippen LogP contribution in [0.5, 0.6) is 5.75 Å². The average molecular weight is 619 g/mol. The number of carbonyl (C=O) groups excluding carboxylic acids is 1. The molecule has 1 saturated carbocycles. The Kier molecular flexibility index (Phi) is 11.3. The first-order chi connectivity index (χ1) is 18.8. The maximum absolute atomic E-state index is 13.6. The molecule has 4 unspecified atom stereocenters. The van der Waals surface area contributed by atoms with E-state index in [-0.39, 0.29) is 34.7 Å². The number of unbranched alkanes of at least 4 members (excludes halogenated alkanes) is 1. The van der Waals surface area contributed by atoms with Gasteiger partial charge in [-0.3, -0.25) is 9.89 Å². The van der Waals surface area contributed by atoms with Crippen LogP contribution in [0.25, 0.3) is 11.4 Å². The molecule has 1 aromatic heterocycles. The van der Waals surface area contributed by atoms with Crippen LogP contribution in [0.2, 0.25) is 0 Å². The molecule has 2 aromatic rings. The molecule has 1 aliphatic rings. The summed E-state index contributed by atoms with van der Waals surface area (Å²) in [5.74, 6) is 3.07. The number of benzene rings is 1. The van der Waals surface area contributed by atoms with Crippen LogP contribution in [0.1, 0.15) is 111 Å². The first-order valence-corrected chi connectivity index (χ1v) is 16.2. The Bertz CT molecular complexity index is 1060. The summed E-state index contributed by atoms with van der Waals surface area (Å²) in [7, 11) is 0. The molecule has 4 atom stereocenters. The third kappa shape index (κ3) is 8.33. The summed E-state index contributed by atoms with van der Waals surface area (Å²) in [4.78, 5) is 17.5. The summed E-state index contributed by atoms with van der Waals surface area (Å²) in [6.45, 7) is 21.0. The number of ether oxygens (including phenoxy) is 2. The van der Waals surface area contributed by atoms with Gasteiger partial charge in [0.2, 0.25) is 0 Å². The number of hydrogen-bond acceptors (Lipinski definition) is 5. The van der Waals surface area contributed by atoms with Crippen molar-refractivity contribution in [1.82, 2.24) is 15.2 Å². The average Bonchev–Trinajstić information content (AvgIpc) is 3.38. The van der Waals surface area contributed by atoms with Crippen molar-refractivity contribution < 1.29 is 14.3 Å². The van der Waals surface area contributed by atoms with Crippen molar-refractivity contribution in [2.45, 2.75) is 112 Å². The van der Waals surface area contributed by atoms with E-state index in [0.717, 1.165) is 30.6 Å². The summed E-state index contributed by atoms with van der Waals surface area (Å²) < 4.78 is 12.6. The van der Waals surface area contributed by atoms with Gasteiger partial charge in [-0.05, 0) is 54.1 Å². The first kappa shape index (κ1) is 32.6. The Hall–Kier alpha value is -1.89. The van der Waals surface area contributed by atoms with Crippen molar-refractivity contribution in [1.29, 1.82) is 0 Å². The number of aromatic amines is 1. The van der Waals surface area contributed by atoms with Gasteiger partial charge < -0.3 is 9.47 Å². The van der Waals surface area contributed by atoms with Crippen LogP contribution < -0.4 is 4.74 Å². The molecule has 40 heavy (non-hydrogen) atoms. The maximum Gasteiger partial charge on any atom is 0.327 e. The van der Waals surface area contributed by atoms with Gasteiger partial charge in [0.1, 0.15) is 17.7 Å². The number of aromatic nitrogens is 3. The number of alkyl halides is 1. The molecule has 6 nitrogen and oxygen atoms in total. The summed E-state index contributed by atoms with van der Waals surface area (Å²) in [6, 6.07) is 7.84. The quantitative estimate of drug-likeness (QED) is 0.201. The summed E-state index contributed by atoms with van der Waals surface area (Å²) >= 11 is 3.58. The second kappa shape index (κ2) is 13.8. The molecular formula is C33H52BrN3O3. The van der Waals surface area contributed by atoms with E-state index >= 15 is 0 Å². The highest BCUT2D eigenvalue weighted by Gasteiger charge is 2.48. The number of nitrogens with zero attached hydrogens (tertiary/aromatic N) is 2. The molecule has 1 aromatic carbocycles. The lowest BCUT2D eigenvalue weighted by molar-refractivity contribution is -0.168. The number of rotatable bonds is 11. The van der Waals surface area contributed by atoms with Gasteiger partial charge in [-0.25, -0.2) is 4.98 Å². The van der Waals surface area contributed by atoms with Crippen molar-refractivity contribution >= 4 is 21.9 Å². The number of carbonyl (C=O) groups is 1. The molecule has 0 radical (unpaired) electrons. The summed E-state index contributed by atoms with van der Waals surface area (Å²) in [5.41, 5.74) is 0.869. The standard InChI is InChI=1S/C33H52BrN3O3/c1-10-12-15-22(11-2)20-39-26-17-14-13-16-23(26)29-35-30(37-36-29)27(34)31(38)40-28-24(32(4,5)6)18-21(3)19-25(28)33(7,8)9/h13-14,16-17,21-22,24-25,27-28H,10-12,15,18-20H2,1-9H3,(H,35,36,37). The first-order valence-electron chi connectivity index (χ1n) is 15.2. The molecule has 0 aliphatic heterocycles. The number of nitrogens with one attached hydrogen (secondary N) is 1. The second-order valence-corrected chi connectivity index (χ2v) is 15.0. The van der Waals surface area contributed by atoms with E-state index < -0.39 is 4.83 Å². The van der Waals surface area contributed by atoms with E-state index in [2.05, 4.69) is 88.4 Å². The number of H-pyrrole nitrogens is 1. The number of halogens is 1. The van der Waals surface area contributed by atoms with E-state index in [4.69, 9.17) is 14.5 Å². The summed E-state index contributed by atoms with van der Waals surface area (Å²) in [6.07, 6.45) is 6.62. The monoisotopic (exact) mass is 617 g/mol. The van der Waals surface area contributed by atoms with Crippen LogP contribution in [0.15, 0.2) is 24.3 Å². The van der Waals surface area contributed by atoms with Crippen molar-refractivity contribution in [2.75, 3.05) is 6.61 Å². The number of para-hydroxylation sites is 1. The van der Waals surface area contributed by atoms with Gasteiger partial charge in [0.25, 0.3) is 0 Å². The van der Waals surface area contributed by atoms with Crippen LogP contribution in [0, 0.1) is 34.5 Å². The predicted molar refractivity (Wildman–Crippen MR) is 166 cm³/mol. The largest absolute Gasteiger partial charge is 0.493 e. The molecule has 1 heterocycles. The molecule has 7 heteroatoms. The minimum Gasteiger partial charge on any atom is -0.493 e. The Labute approximate surface area is 250 Å². The van der Waals surface area contributed by atoms with Gasteiger partial charge >= 0.3 is 5.97 Å². The van der Waals surface area contributed by atoms with Crippen molar-refractivity contribution in [3.05, 3.63) is 30.1 Å². The maximum atomic E-state index is 13.6. The van der Waals surface area contributed by atoms with Crippen LogP contribution in [-0.2, 0) is 9.53 Å². The molecule has 1 N–H and O–H groups in total. The van der Waals surface area contributed by atoms with Crippen LogP contribution in [0.3, 0.4) is 0 Å². The van der Waals surface area contributed by atoms with Crippen LogP contribution in [0.4, 0.5) is 0 Å². The van der Waals surface area contributed by atoms with Gasteiger partial charge in [-0.1, -0.05) is 110 Å². The Morgan fingerprint density at radius 1 is 1.07 bits per heavy atom. The molecule has 1 aliphatic carbocycles. The fraction of sp³-hybridized carbons (Fsp3) is 0.727. The van der Waals surface area contributed by atoms with E-state index in [1.807, 2.05) is 24.3 Å². The topological polar surface area (TPSA) is 77.1 Å². The Morgan fingerprint density at radius 2 is 1.70 bits per heavy atom. The minimum atomic E-state index is -0.735. The highest BCUT2D eigenvalue weighted by molar-refractivity contribution is 9.09. The molecule has 0 bridgehead atoms. The lowest BCUT2D eigenvalue weighted by Gasteiger charge is -2.50. The molecule has 224 valence electrons. The molecule has 0 saturated heterocycles. The van der Waals surface area contributed by atoms with Crippen LogP contribution >= 0.6 is 15.9 Å². The lowest BCUT2D eigenvalue weighted by atomic mass is 9.59. The predicted octanol–water partition coefficient (Wildman–Crippen LogP) is 9.17. The minimum absolute atomic E-state index is 0.0291. The van der Waals surface area contributed by atoms with Gasteiger partial charge in [-0.2, -0.15) is 5.10 Å². The van der Waals surface area contributed by atoms with E-state index in [0.29, 0.717) is 30.1 Å². The molecule has 3 rings (SSSR count). The highest BCUT2D eigenvalue weighted by atomic mass is 79.9. The number of esters is 1. The molecule has 1 fully saturated rings. The smallest absolute Gasteiger partial charge is 0.327 e. The third-order valence-electron chi connectivity index (χ3n) is 8.68. The summed E-state index contributed by atoms with van der Waals surface area (Å²) in [5, 5.41) is 7.44. The Morgan fingerprint density at radius 3 is 2.27 bits per heavy atom.